The Bertz CT molecular complexity index is 1960. The number of β-lactam (4-membered cyclic amide) rings is 1. The highest BCUT2D eigenvalue weighted by Gasteiger charge is 2.59. The van der Waals surface area contributed by atoms with Gasteiger partial charge in [0.25, 0.3) is 5.69 Å². The van der Waals surface area contributed by atoms with Crippen molar-refractivity contribution in [2.45, 2.75) is 33.0 Å². The number of rotatable bonds is 8. The lowest BCUT2D eigenvalue weighted by molar-refractivity contribution is -0.384. The molecule has 2 amide bonds. The maximum Gasteiger partial charge on any atom is 0.417 e. The van der Waals surface area contributed by atoms with Crippen LogP contribution in [0.5, 0.6) is 0 Å². The second kappa shape index (κ2) is 12.8. The fourth-order valence-corrected chi connectivity index (χ4v) is 5.83. The number of anilines is 1. The van der Waals surface area contributed by atoms with Crippen LogP contribution in [0.25, 0.3) is 11.0 Å². The smallest absolute Gasteiger partial charge is 0.417 e. The van der Waals surface area contributed by atoms with Gasteiger partial charge in [0, 0.05) is 41.3 Å². The molecule has 3 atom stereocenters. The Hall–Kier alpha value is -5.80. The summed E-state index contributed by atoms with van der Waals surface area (Å²) in [7, 11) is 0. The SMILES string of the molecule is CC(C)[C@H]1C(=O)N2C(C(=O)OC(=O)c3ccc([N+](=O)[O-])cc3)=C(/C=C/COC(=O)Nc3ccc4c(C(F)(F)F)cc(=O)oc4c3)[C@H](C)[C@H]12. The van der Waals surface area contributed by atoms with E-state index in [9.17, 15) is 47.3 Å². The Morgan fingerprint density at radius 2 is 1.77 bits per heavy atom. The quantitative estimate of drug-likeness (QED) is 0.0794. The Kier molecular flexibility index (Phi) is 8.93. The largest absolute Gasteiger partial charge is 0.445 e. The minimum absolute atomic E-state index is 0.0172. The number of nitro benzene ring substituents is 1. The lowest BCUT2D eigenvalue weighted by Crippen LogP contribution is -2.62. The van der Waals surface area contributed by atoms with E-state index in [-0.39, 0.29) is 52.4 Å². The standard InChI is InChI=1S/C32H26F3N3O10/c1-15(2)25-26-16(3)20(27(37(26)28(25)40)30(42)48-29(41)17-6-9-19(10-7-17)38(44)45)5-4-12-46-31(43)36-18-8-11-21-22(32(33,34)35)14-24(39)47-23(21)13-18/h4-11,13-16,25-26H,12H2,1-3H3,(H,36,43)/b5-4+/t16-,25+,26+/m0/s1. The molecule has 1 N–H and O–H groups in total. The predicted molar refractivity (Wildman–Crippen MR) is 160 cm³/mol. The van der Waals surface area contributed by atoms with Gasteiger partial charge in [-0.25, -0.2) is 19.2 Å². The van der Waals surface area contributed by atoms with Gasteiger partial charge in [-0.1, -0.05) is 26.8 Å². The maximum atomic E-state index is 13.3. The van der Waals surface area contributed by atoms with Gasteiger partial charge in [0.1, 0.15) is 17.9 Å². The number of allylic oxidation sites excluding steroid dienone is 1. The van der Waals surface area contributed by atoms with E-state index in [1.807, 2.05) is 13.8 Å². The van der Waals surface area contributed by atoms with E-state index in [0.29, 0.717) is 11.6 Å². The zero-order valence-electron chi connectivity index (χ0n) is 25.4. The first kappa shape index (κ1) is 33.6. The van der Waals surface area contributed by atoms with Crippen LogP contribution in [-0.4, -0.2) is 46.4 Å². The number of nitrogens with zero attached hydrogens (tertiary/aromatic N) is 2. The minimum Gasteiger partial charge on any atom is -0.445 e. The van der Waals surface area contributed by atoms with Crippen molar-refractivity contribution < 1.29 is 51.2 Å². The number of non-ortho nitro benzene ring substituents is 1. The number of hydrogen-bond donors (Lipinski definition) is 1. The number of benzene rings is 2. The van der Waals surface area contributed by atoms with Gasteiger partial charge < -0.3 is 18.8 Å². The van der Waals surface area contributed by atoms with E-state index in [1.165, 1.54) is 23.1 Å². The molecule has 0 unspecified atom stereocenters. The van der Waals surface area contributed by atoms with Gasteiger partial charge in [-0.3, -0.25) is 20.2 Å². The third-order valence-electron chi connectivity index (χ3n) is 8.02. The summed E-state index contributed by atoms with van der Waals surface area (Å²) in [5.41, 5.74) is -3.05. The molecular weight excluding hydrogens is 643 g/mol. The van der Waals surface area contributed by atoms with Crippen LogP contribution in [0.4, 0.5) is 29.3 Å². The molecule has 5 rings (SSSR count). The average molecular weight is 670 g/mol. The summed E-state index contributed by atoms with van der Waals surface area (Å²) < 4.78 is 54.9. The van der Waals surface area contributed by atoms with E-state index < -0.39 is 57.9 Å². The first-order valence-electron chi connectivity index (χ1n) is 14.4. The van der Waals surface area contributed by atoms with Crippen LogP contribution in [0.2, 0.25) is 0 Å². The van der Waals surface area contributed by atoms with Crippen LogP contribution in [0.15, 0.2) is 81.2 Å². The number of esters is 2. The van der Waals surface area contributed by atoms with E-state index in [4.69, 9.17) is 13.9 Å². The van der Waals surface area contributed by atoms with Gasteiger partial charge >= 0.3 is 29.8 Å². The number of carbonyl (C=O) groups is 4. The van der Waals surface area contributed by atoms with E-state index in [1.54, 1.807) is 6.92 Å². The summed E-state index contributed by atoms with van der Waals surface area (Å²) in [6.07, 6.45) is -2.97. The molecule has 0 radical (unpaired) electrons. The molecule has 16 heteroatoms. The molecule has 0 spiro atoms. The molecule has 0 aliphatic carbocycles. The molecule has 2 aromatic carbocycles. The lowest BCUT2D eigenvalue weighted by Gasteiger charge is -2.47. The molecule has 250 valence electrons. The van der Waals surface area contributed by atoms with E-state index in [0.717, 1.165) is 36.4 Å². The highest BCUT2D eigenvalue weighted by Crippen LogP contribution is 2.49. The van der Waals surface area contributed by atoms with Crippen LogP contribution >= 0.6 is 0 Å². The van der Waals surface area contributed by atoms with Crippen molar-refractivity contribution in [2.24, 2.45) is 17.8 Å². The monoisotopic (exact) mass is 669 g/mol. The second-order valence-electron chi connectivity index (χ2n) is 11.4. The number of ether oxygens (including phenoxy) is 2. The van der Waals surface area contributed by atoms with Gasteiger partial charge in [-0.15, -0.1) is 0 Å². The molecule has 2 aliphatic rings. The highest BCUT2D eigenvalue weighted by atomic mass is 19.4. The first-order valence-corrected chi connectivity index (χ1v) is 14.4. The number of nitrogens with one attached hydrogen (secondary N) is 1. The first-order chi connectivity index (χ1) is 22.6. The minimum atomic E-state index is -4.81. The number of carbonyl (C=O) groups excluding carboxylic acids is 4. The normalized spacial score (nSPS) is 19.0. The van der Waals surface area contributed by atoms with Crippen molar-refractivity contribution in [3.63, 3.8) is 0 Å². The molecule has 0 bridgehead atoms. The van der Waals surface area contributed by atoms with Gasteiger partial charge in [0.2, 0.25) is 5.91 Å². The zero-order valence-corrected chi connectivity index (χ0v) is 25.4. The summed E-state index contributed by atoms with van der Waals surface area (Å²) in [5.74, 6) is -3.37. The van der Waals surface area contributed by atoms with Crippen LogP contribution < -0.4 is 10.9 Å². The second-order valence-corrected chi connectivity index (χ2v) is 11.4. The van der Waals surface area contributed by atoms with Crippen molar-refractivity contribution >= 4 is 46.3 Å². The number of fused-ring (bicyclic) bond motifs is 2. The summed E-state index contributed by atoms with van der Waals surface area (Å²) >= 11 is 0. The summed E-state index contributed by atoms with van der Waals surface area (Å²) in [6, 6.07) is 7.58. The molecule has 1 fully saturated rings. The van der Waals surface area contributed by atoms with Gasteiger partial charge in [-0.2, -0.15) is 13.2 Å². The molecule has 48 heavy (non-hydrogen) atoms. The maximum absolute atomic E-state index is 13.3. The van der Waals surface area contributed by atoms with Crippen molar-refractivity contribution in [1.82, 2.24) is 4.90 Å². The van der Waals surface area contributed by atoms with Crippen LogP contribution in [-0.2, 0) is 25.2 Å². The Morgan fingerprint density at radius 3 is 2.40 bits per heavy atom. The van der Waals surface area contributed by atoms with E-state index in [2.05, 4.69) is 5.32 Å². The number of alkyl halides is 3. The molecule has 0 saturated carbocycles. The predicted octanol–water partition coefficient (Wildman–Crippen LogP) is 5.60. The third-order valence-corrected chi connectivity index (χ3v) is 8.02. The summed E-state index contributed by atoms with van der Waals surface area (Å²) in [5, 5.41) is 12.8. The molecule has 1 aromatic heterocycles. The Labute approximate surface area is 268 Å². The average Bonchev–Trinajstić information content (AvgIpc) is 3.25. The van der Waals surface area contributed by atoms with Crippen molar-refractivity contribution in [3.8, 4) is 0 Å². The number of nitro groups is 1. The summed E-state index contributed by atoms with van der Waals surface area (Å²) in [6.45, 7) is 5.16. The van der Waals surface area contributed by atoms with Crippen LogP contribution in [0.3, 0.4) is 0 Å². The van der Waals surface area contributed by atoms with Crippen LogP contribution in [0, 0.1) is 27.9 Å². The van der Waals surface area contributed by atoms with E-state index >= 15 is 0 Å². The van der Waals surface area contributed by atoms with Gasteiger partial charge in [0.15, 0.2) is 0 Å². The van der Waals surface area contributed by atoms with Crippen molar-refractivity contribution in [3.05, 3.63) is 104 Å². The fraction of sp³-hybridized carbons (Fsp3) is 0.281. The lowest BCUT2D eigenvalue weighted by atomic mass is 9.74. The summed E-state index contributed by atoms with van der Waals surface area (Å²) in [4.78, 5) is 74.6. The van der Waals surface area contributed by atoms with Gasteiger partial charge in [0.05, 0.1) is 28.0 Å². The molecule has 3 heterocycles. The van der Waals surface area contributed by atoms with Gasteiger partial charge in [-0.05, 0) is 41.8 Å². The van der Waals surface area contributed by atoms with Crippen molar-refractivity contribution in [2.75, 3.05) is 11.9 Å². The third kappa shape index (κ3) is 6.41. The molecule has 1 saturated heterocycles. The molecule has 3 aromatic rings. The number of halogens is 3. The number of hydrogen-bond acceptors (Lipinski definition) is 10. The number of amides is 2. The Balaban J connectivity index is 1.30. The Morgan fingerprint density at radius 1 is 1.08 bits per heavy atom. The topological polar surface area (TPSA) is 175 Å². The molecule has 13 nitrogen and oxygen atoms in total. The van der Waals surface area contributed by atoms with Crippen molar-refractivity contribution in [1.29, 1.82) is 0 Å². The molecular formula is C32H26F3N3O10. The zero-order chi connectivity index (χ0) is 35.1. The molecule has 2 aliphatic heterocycles. The van der Waals surface area contributed by atoms with Crippen LogP contribution in [0.1, 0.15) is 36.7 Å². The fourth-order valence-electron chi connectivity index (χ4n) is 5.83. The highest BCUT2D eigenvalue weighted by molar-refractivity contribution is 6.07.